The van der Waals surface area contributed by atoms with E-state index in [-0.39, 0.29) is 11.5 Å². The lowest BCUT2D eigenvalue weighted by molar-refractivity contribution is 0.302. The Morgan fingerprint density at radius 2 is 1.62 bits per heavy atom. The van der Waals surface area contributed by atoms with Crippen molar-refractivity contribution in [1.82, 2.24) is 0 Å². The van der Waals surface area contributed by atoms with Crippen LogP contribution in [0.25, 0.3) is 0 Å². The zero-order chi connectivity index (χ0) is 12.0. The molecule has 1 heteroatoms. The van der Waals surface area contributed by atoms with E-state index in [4.69, 9.17) is 5.73 Å². The molecule has 0 aliphatic heterocycles. The van der Waals surface area contributed by atoms with Crippen LogP contribution in [0.2, 0.25) is 0 Å². The molecule has 0 saturated heterocycles. The van der Waals surface area contributed by atoms with E-state index in [2.05, 4.69) is 51.1 Å². The van der Waals surface area contributed by atoms with Crippen LogP contribution < -0.4 is 5.73 Å². The number of nitrogens with two attached hydrogens (primary N) is 1. The van der Waals surface area contributed by atoms with Crippen molar-refractivity contribution in [2.45, 2.75) is 57.9 Å². The summed E-state index contributed by atoms with van der Waals surface area (Å²) in [5.74, 6) is 0. The van der Waals surface area contributed by atoms with Crippen molar-refractivity contribution >= 4 is 0 Å². The summed E-state index contributed by atoms with van der Waals surface area (Å²) in [7, 11) is 0. The Hall–Kier alpha value is -0.820. The molecule has 1 aromatic rings. The van der Waals surface area contributed by atoms with E-state index in [1.54, 1.807) is 0 Å². The van der Waals surface area contributed by atoms with Crippen LogP contribution in [0, 0.1) is 0 Å². The average molecular weight is 219 g/mol. The summed E-state index contributed by atoms with van der Waals surface area (Å²) in [4.78, 5) is 0. The molecule has 1 rings (SSSR count). The van der Waals surface area contributed by atoms with Crippen molar-refractivity contribution in [2.24, 2.45) is 5.73 Å². The molecular weight excluding hydrogens is 194 g/mol. The molecule has 0 radical (unpaired) electrons. The summed E-state index contributed by atoms with van der Waals surface area (Å²) in [6.07, 6.45) is 4.51. The Labute approximate surface area is 100 Å². The molecule has 1 nitrogen and oxygen atoms in total. The first-order chi connectivity index (χ1) is 7.71. The molecule has 0 aliphatic rings. The Balaban J connectivity index is 3.05. The third-order valence-corrected chi connectivity index (χ3v) is 3.92. The highest BCUT2D eigenvalue weighted by Crippen LogP contribution is 2.35. The average Bonchev–Trinajstić information content (AvgIpc) is 2.33. The van der Waals surface area contributed by atoms with Gasteiger partial charge < -0.3 is 5.73 Å². The standard InChI is InChI=1S/C15H25N/c1-4-10-14(16)15(5-2,6-3)13-11-8-7-9-12-13/h7-9,11-12,14H,4-6,10,16H2,1-3H3/t14-/m1/s1. The molecule has 0 unspecified atom stereocenters. The maximum absolute atomic E-state index is 6.42. The van der Waals surface area contributed by atoms with Gasteiger partial charge in [0.15, 0.2) is 0 Å². The molecule has 90 valence electrons. The second-order valence-corrected chi connectivity index (χ2v) is 4.62. The Morgan fingerprint density at radius 1 is 1.06 bits per heavy atom. The zero-order valence-corrected chi connectivity index (χ0v) is 10.9. The van der Waals surface area contributed by atoms with Crippen molar-refractivity contribution in [1.29, 1.82) is 0 Å². The molecule has 2 N–H and O–H groups in total. The minimum atomic E-state index is 0.164. The van der Waals surface area contributed by atoms with Crippen molar-refractivity contribution in [3.63, 3.8) is 0 Å². The summed E-state index contributed by atoms with van der Waals surface area (Å²) < 4.78 is 0. The molecule has 0 amide bonds. The van der Waals surface area contributed by atoms with Gasteiger partial charge >= 0.3 is 0 Å². The van der Waals surface area contributed by atoms with Gasteiger partial charge in [-0.05, 0) is 24.8 Å². The third-order valence-electron chi connectivity index (χ3n) is 3.92. The van der Waals surface area contributed by atoms with Crippen molar-refractivity contribution in [3.05, 3.63) is 35.9 Å². The first kappa shape index (κ1) is 13.2. The lowest BCUT2D eigenvalue weighted by Gasteiger charge is -2.38. The van der Waals surface area contributed by atoms with Gasteiger partial charge in [-0.2, -0.15) is 0 Å². The fourth-order valence-electron chi connectivity index (χ4n) is 2.75. The molecule has 0 spiro atoms. The van der Waals surface area contributed by atoms with Crippen LogP contribution in [0.1, 0.15) is 52.0 Å². The number of benzene rings is 1. The molecule has 0 fully saturated rings. The quantitative estimate of drug-likeness (QED) is 0.772. The van der Waals surface area contributed by atoms with E-state index in [1.165, 1.54) is 5.56 Å². The predicted molar refractivity (Wildman–Crippen MR) is 71.6 cm³/mol. The molecule has 16 heavy (non-hydrogen) atoms. The van der Waals surface area contributed by atoms with E-state index in [9.17, 15) is 0 Å². The highest BCUT2D eigenvalue weighted by molar-refractivity contribution is 5.27. The van der Waals surface area contributed by atoms with Crippen LogP contribution in [-0.4, -0.2) is 6.04 Å². The first-order valence-corrected chi connectivity index (χ1v) is 6.52. The van der Waals surface area contributed by atoms with Crippen molar-refractivity contribution < 1.29 is 0 Å². The van der Waals surface area contributed by atoms with Gasteiger partial charge in [0, 0.05) is 11.5 Å². The molecule has 1 aromatic carbocycles. The summed E-state index contributed by atoms with van der Waals surface area (Å²) in [5, 5.41) is 0. The van der Waals surface area contributed by atoms with Crippen LogP contribution >= 0.6 is 0 Å². The van der Waals surface area contributed by atoms with Gasteiger partial charge in [0.05, 0.1) is 0 Å². The van der Waals surface area contributed by atoms with Gasteiger partial charge in [0.1, 0.15) is 0 Å². The molecule has 0 aliphatic carbocycles. The summed E-state index contributed by atoms with van der Waals surface area (Å²) in [5.41, 5.74) is 7.98. The second-order valence-electron chi connectivity index (χ2n) is 4.62. The molecule has 0 bridgehead atoms. The fourth-order valence-corrected chi connectivity index (χ4v) is 2.75. The summed E-state index contributed by atoms with van der Waals surface area (Å²) in [6, 6.07) is 11.0. The maximum Gasteiger partial charge on any atom is 0.0136 e. The van der Waals surface area contributed by atoms with Crippen LogP contribution in [-0.2, 0) is 5.41 Å². The molecule has 0 aromatic heterocycles. The largest absolute Gasteiger partial charge is 0.327 e. The van der Waals surface area contributed by atoms with Crippen LogP contribution in [0.5, 0.6) is 0 Å². The fraction of sp³-hybridized carbons (Fsp3) is 0.600. The van der Waals surface area contributed by atoms with Gasteiger partial charge in [-0.25, -0.2) is 0 Å². The van der Waals surface area contributed by atoms with Crippen molar-refractivity contribution in [3.8, 4) is 0 Å². The lowest BCUT2D eigenvalue weighted by atomic mass is 9.69. The molecule has 0 saturated carbocycles. The monoisotopic (exact) mass is 219 g/mol. The van der Waals surface area contributed by atoms with Crippen LogP contribution in [0.4, 0.5) is 0 Å². The predicted octanol–water partition coefficient (Wildman–Crippen LogP) is 3.87. The topological polar surface area (TPSA) is 26.0 Å². The highest BCUT2D eigenvalue weighted by atomic mass is 14.7. The zero-order valence-electron chi connectivity index (χ0n) is 10.9. The first-order valence-electron chi connectivity index (χ1n) is 6.52. The minimum Gasteiger partial charge on any atom is -0.327 e. The normalized spacial score (nSPS) is 13.8. The number of hydrogen-bond acceptors (Lipinski definition) is 1. The van der Waals surface area contributed by atoms with Gasteiger partial charge in [-0.1, -0.05) is 57.5 Å². The Morgan fingerprint density at radius 3 is 2.06 bits per heavy atom. The van der Waals surface area contributed by atoms with Gasteiger partial charge in [-0.15, -0.1) is 0 Å². The summed E-state index contributed by atoms with van der Waals surface area (Å²) >= 11 is 0. The molecular formula is C15H25N. The lowest BCUT2D eigenvalue weighted by Crippen LogP contribution is -2.44. The Bertz CT molecular complexity index is 288. The van der Waals surface area contributed by atoms with E-state index < -0.39 is 0 Å². The van der Waals surface area contributed by atoms with E-state index in [0.717, 1.165) is 25.7 Å². The molecule has 1 atom stereocenters. The minimum absolute atomic E-state index is 0.164. The SMILES string of the molecule is CCC[C@@H](N)C(CC)(CC)c1ccccc1. The maximum atomic E-state index is 6.42. The Kier molecular flexibility index (Phi) is 5.01. The van der Waals surface area contributed by atoms with Crippen LogP contribution in [0.3, 0.4) is 0 Å². The van der Waals surface area contributed by atoms with E-state index in [1.807, 2.05) is 0 Å². The second kappa shape index (κ2) is 6.05. The highest BCUT2D eigenvalue weighted by Gasteiger charge is 2.34. The van der Waals surface area contributed by atoms with E-state index >= 15 is 0 Å². The number of rotatable bonds is 6. The van der Waals surface area contributed by atoms with Gasteiger partial charge in [0.2, 0.25) is 0 Å². The van der Waals surface area contributed by atoms with Gasteiger partial charge in [0.25, 0.3) is 0 Å². The third kappa shape index (κ3) is 2.46. The van der Waals surface area contributed by atoms with Crippen LogP contribution in [0.15, 0.2) is 30.3 Å². The van der Waals surface area contributed by atoms with Crippen molar-refractivity contribution in [2.75, 3.05) is 0 Å². The van der Waals surface area contributed by atoms with Gasteiger partial charge in [-0.3, -0.25) is 0 Å². The smallest absolute Gasteiger partial charge is 0.0136 e. The summed E-state index contributed by atoms with van der Waals surface area (Å²) in [6.45, 7) is 6.72. The molecule has 0 heterocycles. The number of hydrogen-bond donors (Lipinski definition) is 1. The van der Waals surface area contributed by atoms with E-state index in [0.29, 0.717) is 0 Å².